The fourth-order valence-corrected chi connectivity index (χ4v) is 2.36. The van der Waals surface area contributed by atoms with Gasteiger partial charge in [0.25, 0.3) is 0 Å². The molecule has 106 valence electrons. The molecule has 4 heteroatoms. The summed E-state index contributed by atoms with van der Waals surface area (Å²) in [6.45, 7) is 3.72. The van der Waals surface area contributed by atoms with E-state index in [-0.39, 0.29) is 18.0 Å². The summed E-state index contributed by atoms with van der Waals surface area (Å²) in [6.07, 6.45) is 2.49. The number of Topliss-reactive ketones (excluding diaryl/α,β-unsaturated/α-hetero) is 1. The van der Waals surface area contributed by atoms with Crippen molar-refractivity contribution in [3.8, 4) is 0 Å². The second-order valence-electron chi connectivity index (χ2n) is 4.88. The number of carbonyl (C=O) groups excluding carboxylic acids is 2. The molecule has 1 atom stereocenters. The van der Waals surface area contributed by atoms with Crippen molar-refractivity contribution in [2.24, 2.45) is 0 Å². The fraction of sp³-hybridized carbons (Fsp3) is 0.375. The van der Waals surface area contributed by atoms with E-state index in [2.05, 4.69) is 0 Å². The first-order chi connectivity index (χ1) is 9.50. The number of allylic oxidation sites excluding steroid dienone is 1. The highest BCUT2D eigenvalue weighted by Gasteiger charge is 2.47. The zero-order valence-corrected chi connectivity index (χ0v) is 11.7. The average Bonchev–Trinajstić information content (AvgIpc) is 2.85. The van der Waals surface area contributed by atoms with Gasteiger partial charge in [0.2, 0.25) is 5.60 Å². The van der Waals surface area contributed by atoms with Crippen molar-refractivity contribution in [1.82, 2.24) is 0 Å². The molecular weight excluding hydrogens is 256 g/mol. The summed E-state index contributed by atoms with van der Waals surface area (Å²) in [6, 6.07) is 6.89. The van der Waals surface area contributed by atoms with Gasteiger partial charge >= 0.3 is 5.97 Å². The van der Waals surface area contributed by atoms with Gasteiger partial charge in [-0.15, -0.1) is 0 Å². The highest BCUT2D eigenvalue weighted by molar-refractivity contribution is 6.06. The zero-order valence-electron chi connectivity index (χ0n) is 11.7. The van der Waals surface area contributed by atoms with Crippen LogP contribution < -0.4 is 0 Å². The van der Waals surface area contributed by atoms with Crippen molar-refractivity contribution in [2.45, 2.75) is 32.3 Å². The standard InChI is InChI=1S/C16H18O4/c1-3-20-15(18)16(19,13-5-4-6-14(13)17)12-9-7-11(2)8-10-12/h5,7-10,19H,3-4,6H2,1-2H3. The Morgan fingerprint density at radius 2 is 2.00 bits per heavy atom. The van der Waals surface area contributed by atoms with E-state index >= 15 is 0 Å². The Hall–Kier alpha value is -1.94. The fourth-order valence-electron chi connectivity index (χ4n) is 2.36. The molecule has 0 aliphatic heterocycles. The third-order valence-electron chi connectivity index (χ3n) is 3.45. The van der Waals surface area contributed by atoms with Crippen LogP contribution in [0.5, 0.6) is 0 Å². The lowest BCUT2D eigenvalue weighted by molar-refractivity contribution is -0.163. The summed E-state index contributed by atoms with van der Waals surface area (Å²) >= 11 is 0. The van der Waals surface area contributed by atoms with Gasteiger partial charge in [-0.05, 0) is 25.8 Å². The Morgan fingerprint density at radius 1 is 1.35 bits per heavy atom. The molecule has 0 spiro atoms. The molecule has 1 N–H and O–H groups in total. The molecule has 0 bridgehead atoms. The van der Waals surface area contributed by atoms with E-state index in [9.17, 15) is 14.7 Å². The molecule has 1 unspecified atom stereocenters. The van der Waals surface area contributed by atoms with Gasteiger partial charge in [0, 0.05) is 12.0 Å². The summed E-state index contributed by atoms with van der Waals surface area (Å²) in [5.41, 5.74) is -0.508. The second kappa shape index (κ2) is 5.59. The maximum atomic E-state index is 12.2. The van der Waals surface area contributed by atoms with Gasteiger partial charge in [-0.3, -0.25) is 4.79 Å². The molecule has 0 radical (unpaired) electrons. The minimum atomic E-state index is -2.00. The lowest BCUT2D eigenvalue weighted by Crippen LogP contribution is -2.41. The molecule has 1 aromatic carbocycles. The van der Waals surface area contributed by atoms with E-state index in [1.165, 1.54) is 0 Å². The van der Waals surface area contributed by atoms with Crippen molar-refractivity contribution >= 4 is 11.8 Å². The molecule has 0 amide bonds. The Morgan fingerprint density at radius 3 is 2.50 bits per heavy atom. The molecule has 1 aliphatic rings. The molecule has 0 fully saturated rings. The number of hydrogen-bond donors (Lipinski definition) is 1. The highest BCUT2D eigenvalue weighted by atomic mass is 16.5. The highest BCUT2D eigenvalue weighted by Crippen LogP contribution is 2.35. The van der Waals surface area contributed by atoms with Gasteiger partial charge in [0.05, 0.1) is 6.61 Å². The van der Waals surface area contributed by atoms with Crippen molar-refractivity contribution < 1.29 is 19.4 Å². The SMILES string of the molecule is CCOC(=O)C(O)(C1=CCCC1=O)c1ccc(C)cc1. The van der Waals surface area contributed by atoms with Crippen LogP contribution in [0.25, 0.3) is 0 Å². The van der Waals surface area contributed by atoms with Crippen LogP contribution in [0.3, 0.4) is 0 Å². The Kier molecular flexibility index (Phi) is 4.04. The quantitative estimate of drug-likeness (QED) is 0.853. The Balaban J connectivity index is 2.51. The Bertz CT molecular complexity index is 556. The normalized spacial score (nSPS) is 17.6. The Labute approximate surface area is 118 Å². The van der Waals surface area contributed by atoms with Crippen LogP contribution in [-0.2, 0) is 19.9 Å². The van der Waals surface area contributed by atoms with Crippen molar-refractivity contribution in [3.05, 3.63) is 47.0 Å². The van der Waals surface area contributed by atoms with Crippen molar-refractivity contribution in [1.29, 1.82) is 0 Å². The van der Waals surface area contributed by atoms with E-state index in [0.717, 1.165) is 5.56 Å². The van der Waals surface area contributed by atoms with Crippen LogP contribution >= 0.6 is 0 Å². The van der Waals surface area contributed by atoms with Crippen LogP contribution in [0, 0.1) is 6.92 Å². The predicted octanol–water partition coefficient (Wildman–Crippen LogP) is 2.04. The number of benzene rings is 1. The van der Waals surface area contributed by atoms with Gasteiger partial charge in [0.15, 0.2) is 5.78 Å². The molecule has 0 heterocycles. The van der Waals surface area contributed by atoms with E-state index in [0.29, 0.717) is 18.4 Å². The number of hydrogen-bond acceptors (Lipinski definition) is 4. The number of aryl methyl sites for hydroxylation is 1. The lowest BCUT2D eigenvalue weighted by Gasteiger charge is -2.27. The lowest BCUT2D eigenvalue weighted by atomic mass is 9.84. The molecule has 1 aliphatic carbocycles. The van der Waals surface area contributed by atoms with Crippen LogP contribution in [0.2, 0.25) is 0 Å². The number of esters is 1. The number of rotatable bonds is 4. The summed E-state index contributed by atoms with van der Waals surface area (Å²) in [4.78, 5) is 24.2. The summed E-state index contributed by atoms with van der Waals surface area (Å²) in [5.74, 6) is -1.01. The minimum Gasteiger partial charge on any atom is -0.463 e. The van der Waals surface area contributed by atoms with Gasteiger partial charge in [-0.1, -0.05) is 35.9 Å². The summed E-state index contributed by atoms with van der Waals surface area (Å²) in [7, 11) is 0. The van der Waals surface area contributed by atoms with E-state index in [1.54, 1.807) is 37.3 Å². The average molecular weight is 274 g/mol. The van der Waals surface area contributed by atoms with Gasteiger partial charge < -0.3 is 9.84 Å². The van der Waals surface area contributed by atoms with Crippen molar-refractivity contribution in [3.63, 3.8) is 0 Å². The number of carbonyl (C=O) groups is 2. The zero-order chi connectivity index (χ0) is 14.8. The second-order valence-corrected chi connectivity index (χ2v) is 4.88. The first kappa shape index (κ1) is 14.5. The predicted molar refractivity (Wildman–Crippen MR) is 74.0 cm³/mol. The molecule has 1 aromatic rings. The number of ether oxygens (including phenoxy) is 1. The van der Waals surface area contributed by atoms with E-state index < -0.39 is 11.6 Å². The smallest absolute Gasteiger partial charge is 0.347 e. The molecule has 0 saturated carbocycles. The van der Waals surface area contributed by atoms with Crippen molar-refractivity contribution in [2.75, 3.05) is 6.61 Å². The van der Waals surface area contributed by atoms with Gasteiger partial charge in [-0.25, -0.2) is 4.79 Å². The maximum Gasteiger partial charge on any atom is 0.347 e. The number of aliphatic hydroxyl groups is 1. The first-order valence-electron chi connectivity index (χ1n) is 6.70. The van der Waals surface area contributed by atoms with Crippen LogP contribution in [-0.4, -0.2) is 23.5 Å². The van der Waals surface area contributed by atoms with Crippen LogP contribution in [0.1, 0.15) is 30.9 Å². The third kappa shape index (κ3) is 2.39. The molecule has 4 nitrogen and oxygen atoms in total. The molecule has 0 saturated heterocycles. The first-order valence-corrected chi connectivity index (χ1v) is 6.70. The molecular formula is C16H18O4. The largest absolute Gasteiger partial charge is 0.463 e. The molecule has 20 heavy (non-hydrogen) atoms. The van der Waals surface area contributed by atoms with Gasteiger partial charge in [0.1, 0.15) is 0 Å². The minimum absolute atomic E-state index is 0.125. The number of ketones is 1. The third-order valence-corrected chi connectivity index (χ3v) is 3.45. The maximum absolute atomic E-state index is 12.2. The molecule has 2 rings (SSSR count). The van der Waals surface area contributed by atoms with E-state index in [1.807, 2.05) is 6.92 Å². The van der Waals surface area contributed by atoms with E-state index in [4.69, 9.17) is 4.74 Å². The summed E-state index contributed by atoms with van der Waals surface area (Å²) in [5, 5.41) is 10.9. The summed E-state index contributed by atoms with van der Waals surface area (Å²) < 4.78 is 4.97. The molecule has 0 aromatic heterocycles. The topological polar surface area (TPSA) is 63.6 Å². The monoisotopic (exact) mass is 274 g/mol. The van der Waals surface area contributed by atoms with Crippen LogP contribution in [0.4, 0.5) is 0 Å². The van der Waals surface area contributed by atoms with Crippen LogP contribution in [0.15, 0.2) is 35.9 Å². The van der Waals surface area contributed by atoms with Gasteiger partial charge in [-0.2, -0.15) is 0 Å².